The third-order valence-electron chi connectivity index (χ3n) is 3.50. The summed E-state index contributed by atoms with van der Waals surface area (Å²) in [5.74, 6) is -0.739. The highest BCUT2D eigenvalue weighted by Crippen LogP contribution is 2.10. The van der Waals surface area contributed by atoms with Crippen molar-refractivity contribution < 1.29 is 18.0 Å². The van der Waals surface area contributed by atoms with Crippen LogP contribution in [0, 0.1) is 5.92 Å². The highest BCUT2D eigenvalue weighted by atomic mass is 32.2. The van der Waals surface area contributed by atoms with Crippen LogP contribution in [0.15, 0.2) is 29.2 Å². The van der Waals surface area contributed by atoms with E-state index in [1.165, 1.54) is 12.1 Å². The zero-order valence-electron chi connectivity index (χ0n) is 14.7. The topological polar surface area (TPSA) is 130 Å². The molecule has 2 amide bonds. The number of nitrogens with two attached hydrogens (primary N) is 1. The Balaban J connectivity index is 2.48. The smallest absolute Gasteiger partial charge is 0.240 e. The molecule has 9 heteroatoms. The molecule has 5 N–H and O–H groups in total. The van der Waals surface area contributed by atoms with E-state index in [9.17, 15) is 18.0 Å². The summed E-state index contributed by atoms with van der Waals surface area (Å²) in [5, 5.41) is 5.13. The average molecular weight is 370 g/mol. The van der Waals surface area contributed by atoms with Crippen LogP contribution in [0.3, 0.4) is 0 Å². The molecule has 0 aliphatic rings. The number of amides is 2. The third-order valence-corrected chi connectivity index (χ3v) is 5.06. The molecule has 0 saturated heterocycles. The minimum absolute atomic E-state index is 0.0138. The van der Waals surface area contributed by atoms with Crippen molar-refractivity contribution in [2.75, 3.05) is 13.1 Å². The van der Waals surface area contributed by atoms with Crippen LogP contribution in [-0.2, 0) is 26.2 Å². The summed E-state index contributed by atoms with van der Waals surface area (Å²) in [6.45, 7) is 5.73. The van der Waals surface area contributed by atoms with E-state index in [0.29, 0.717) is 6.54 Å². The molecule has 0 fully saturated rings. The lowest BCUT2D eigenvalue weighted by atomic mass is 10.1. The second-order valence-electron chi connectivity index (χ2n) is 5.91. The summed E-state index contributed by atoms with van der Waals surface area (Å²) in [7, 11) is -3.49. The fourth-order valence-electron chi connectivity index (χ4n) is 1.91. The van der Waals surface area contributed by atoms with Crippen LogP contribution in [0.1, 0.15) is 26.3 Å². The summed E-state index contributed by atoms with van der Waals surface area (Å²) in [4.78, 5) is 23.6. The van der Waals surface area contributed by atoms with E-state index in [1.807, 2.05) is 13.8 Å². The van der Waals surface area contributed by atoms with Crippen molar-refractivity contribution in [3.05, 3.63) is 29.8 Å². The first kappa shape index (κ1) is 21.1. The maximum atomic E-state index is 11.8. The molecule has 0 saturated carbocycles. The van der Waals surface area contributed by atoms with Crippen LogP contribution >= 0.6 is 0 Å². The second kappa shape index (κ2) is 9.50. The maximum Gasteiger partial charge on any atom is 0.240 e. The van der Waals surface area contributed by atoms with Gasteiger partial charge in [-0.2, -0.15) is 0 Å². The minimum atomic E-state index is -3.49. The van der Waals surface area contributed by atoms with Gasteiger partial charge in [0, 0.05) is 13.1 Å². The van der Waals surface area contributed by atoms with Crippen molar-refractivity contribution >= 4 is 21.8 Å². The molecule has 0 spiro atoms. The number of hydrogen-bond donors (Lipinski definition) is 4. The van der Waals surface area contributed by atoms with Crippen LogP contribution in [0.25, 0.3) is 0 Å². The molecule has 0 heterocycles. The Morgan fingerprint density at radius 1 is 1.12 bits per heavy atom. The third kappa shape index (κ3) is 6.81. The second-order valence-corrected chi connectivity index (χ2v) is 7.68. The van der Waals surface area contributed by atoms with Gasteiger partial charge in [-0.05, 0) is 23.6 Å². The Labute approximate surface area is 148 Å². The number of sulfonamides is 1. The fraction of sp³-hybridized carbons (Fsp3) is 0.500. The predicted molar refractivity (Wildman–Crippen MR) is 95.0 cm³/mol. The minimum Gasteiger partial charge on any atom is -0.350 e. The fourth-order valence-corrected chi connectivity index (χ4v) is 2.95. The molecule has 1 atom stereocenters. The Morgan fingerprint density at radius 3 is 2.24 bits per heavy atom. The van der Waals surface area contributed by atoms with E-state index in [-0.39, 0.29) is 35.7 Å². The Bertz CT molecular complexity index is 687. The van der Waals surface area contributed by atoms with E-state index in [4.69, 9.17) is 5.73 Å². The Hall–Kier alpha value is -1.97. The zero-order valence-corrected chi connectivity index (χ0v) is 15.5. The molecule has 0 radical (unpaired) electrons. The SMILES string of the molecule is CCNS(=O)(=O)c1ccc(CNC(=O)CNC(=O)[C@@H](N)C(C)C)cc1. The number of hydrogen-bond acceptors (Lipinski definition) is 5. The highest BCUT2D eigenvalue weighted by molar-refractivity contribution is 7.89. The molecule has 1 aromatic carbocycles. The van der Waals surface area contributed by atoms with Gasteiger partial charge in [-0.15, -0.1) is 0 Å². The van der Waals surface area contributed by atoms with Crippen molar-refractivity contribution in [2.45, 2.75) is 38.3 Å². The Kier molecular flexibility index (Phi) is 8.01. The summed E-state index contributed by atoms with van der Waals surface area (Å²) in [6.07, 6.45) is 0. The van der Waals surface area contributed by atoms with Gasteiger partial charge in [0.2, 0.25) is 21.8 Å². The molecule has 1 aromatic rings. The van der Waals surface area contributed by atoms with E-state index in [2.05, 4.69) is 15.4 Å². The van der Waals surface area contributed by atoms with Crippen molar-refractivity contribution in [3.63, 3.8) is 0 Å². The standard InChI is InChI=1S/C16H26N4O4S/c1-4-20-25(23,24)13-7-5-12(6-8-13)9-18-14(21)10-19-16(22)15(17)11(2)3/h5-8,11,15,20H,4,9-10,17H2,1-3H3,(H,18,21)(H,19,22)/t15-/m0/s1. The quantitative estimate of drug-likeness (QED) is 0.474. The summed E-state index contributed by atoms with van der Waals surface area (Å²) < 4.78 is 26.1. The maximum absolute atomic E-state index is 11.8. The zero-order chi connectivity index (χ0) is 19.0. The van der Waals surface area contributed by atoms with Gasteiger partial charge < -0.3 is 16.4 Å². The van der Waals surface area contributed by atoms with E-state index in [0.717, 1.165) is 5.56 Å². The summed E-state index contributed by atoms with van der Waals surface area (Å²) in [6, 6.07) is 5.54. The van der Waals surface area contributed by atoms with Crippen molar-refractivity contribution in [1.29, 1.82) is 0 Å². The molecular weight excluding hydrogens is 344 g/mol. The molecule has 8 nitrogen and oxygen atoms in total. The molecule has 1 rings (SSSR count). The molecular formula is C16H26N4O4S. The van der Waals surface area contributed by atoms with Crippen LogP contribution in [0.5, 0.6) is 0 Å². The lowest BCUT2D eigenvalue weighted by molar-refractivity contribution is -0.127. The number of carbonyl (C=O) groups excluding carboxylic acids is 2. The van der Waals surface area contributed by atoms with Crippen molar-refractivity contribution in [3.8, 4) is 0 Å². The molecule has 0 aliphatic heterocycles. The molecule has 140 valence electrons. The van der Waals surface area contributed by atoms with Crippen molar-refractivity contribution in [2.24, 2.45) is 11.7 Å². The molecule has 0 aromatic heterocycles. The normalized spacial score (nSPS) is 12.7. The highest BCUT2D eigenvalue weighted by Gasteiger charge is 2.17. The van der Waals surface area contributed by atoms with E-state index < -0.39 is 16.1 Å². The van der Waals surface area contributed by atoms with Gasteiger partial charge in [0.15, 0.2) is 0 Å². The molecule has 0 bridgehead atoms. The van der Waals surface area contributed by atoms with Gasteiger partial charge in [0.05, 0.1) is 17.5 Å². The van der Waals surface area contributed by atoms with Gasteiger partial charge in [0.1, 0.15) is 0 Å². The first-order chi connectivity index (χ1) is 11.7. The lowest BCUT2D eigenvalue weighted by Crippen LogP contribution is -2.47. The van der Waals surface area contributed by atoms with Crippen LogP contribution in [0.4, 0.5) is 0 Å². The van der Waals surface area contributed by atoms with Crippen molar-refractivity contribution in [1.82, 2.24) is 15.4 Å². The number of rotatable bonds is 9. The van der Waals surface area contributed by atoms with Gasteiger partial charge in [0.25, 0.3) is 0 Å². The number of carbonyl (C=O) groups is 2. The molecule has 0 aliphatic carbocycles. The summed E-state index contributed by atoms with van der Waals surface area (Å²) in [5.41, 5.74) is 6.43. The largest absolute Gasteiger partial charge is 0.350 e. The van der Waals surface area contributed by atoms with E-state index in [1.54, 1.807) is 19.1 Å². The monoisotopic (exact) mass is 370 g/mol. The van der Waals surface area contributed by atoms with Crippen LogP contribution in [-0.4, -0.2) is 39.4 Å². The Morgan fingerprint density at radius 2 is 1.72 bits per heavy atom. The van der Waals surface area contributed by atoms with Gasteiger partial charge in [-0.1, -0.05) is 32.9 Å². The van der Waals surface area contributed by atoms with Crippen LogP contribution < -0.4 is 21.1 Å². The van der Waals surface area contributed by atoms with Gasteiger partial charge in [-0.3, -0.25) is 9.59 Å². The van der Waals surface area contributed by atoms with Gasteiger partial charge in [-0.25, -0.2) is 13.1 Å². The first-order valence-electron chi connectivity index (χ1n) is 8.06. The van der Waals surface area contributed by atoms with E-state index >= 15 is 0 Å². The number of benzene rings is 1. The molecule has 0 unspecified atom stereocenters. The first-order valence-corrected chi connectivity index (χ1v) is 9.54. The number of nitrogens with one attached hydrogen (secondary N) is 3. The predicted octanol–water partition coefficient (Wildman–Crippen LogP) is -0.299. The summed E-state index contributed by atoms with van der Waals surface area (Å²) >= 11 is 0. The average Bonchev–Trinajstić information content (AvgIpc) is 2.57. The van der Waals surface area contributed by atoms with Crippen LogP contribution in [0.2, 0.25) is 0 Å². The lowest BCUT2D eigenvalue weighted by Gasteiger charge is -2.15. The van der Waals surface area contributed by atoms with Gasteiger partial charge >= 0.3 is 0 Å². The molecule has 25 heavy (non-hydrogen) atoms.